The highest BCUT2D eigenvalue weighted by atomic mass is 16.6. The second kappa shape index (κ2) is 7.00. The first kappa shape index (κ1) is 17.3. The first-order chi connectivity index (χ1) is 10.8. The zero-order valence-corrected chi connectivity index (χ0v) is 14.0. The lowest BCUT2D eigenvalue weighted by atomic mass is 10.0. The molecule has 1 heterocycles. The number of carbonyl (C=O) groups is 2. The highest BCUT2D eigenvalue weighted by molar-refractivity contribution is 5.81. The van der Waals surface area contributed by atoms with Crippen LogP contribution in [0.2, 0.25) is 0 Å². The first-order valence-corrected chi connectivity index (χ1v) is 7.54. The van der Waals surface area contributed by atoms with Crippen LogP contribution in [0.25, 0.3) is 0 Å². The van der Waals surface area contributed by atoms with Crippen molar-refractivity contribution in [3.8, 4) is 0 Å². The van der Waals surface area contributed by atoms with E-state index in [1.807, 2.05) is 18.2 Å². The predicted octanol–water partition coefficient (Wildman–Crippen LogP) is 2.33. The summed E-state index contributed by atoms with van der Waals surface area (Å²) in [5.74, 6) is -0.507. The van der Waals surface area contributed by atoms with E-state index in [9.17, 15) is 9.59 Å². The van der Waals surface area contributed by atoms with Crippen molar-refractivity contribution in [2.24, 2.45) is 0 Å². The zero-order chi connectivity index (χ0) is 17.0. The van der Waals surface area contributed by atoms with Crippen LogP contribution in [0.3, 0.4) is 0 Å². The Balaban J connectivity index is 2.07. The number of esters is 1. The van der Waals surface area contributed by atoms with Crippen LogP contribution in [0.5, 0.6) is 0 Å². The van der Waals surface area contributed by atoms with Gasteiger partial charge in [-0.25, -0.2) is 9.59 Å². The number of benzene rings is 1. The fourth-order valence-corrected chi connectivity index (χ4v) is 2.37. The molecular formula is C17H23NO5. The molecule has 126 valence electrons. The van der Waals surface area contributed by atoms with Gasteiger partial charge >= 0.3 is 12.1 Å². The molecule has 1 aliphatic rings. The van der Waals surface area contributed by atoms with Crippen LogP contribution in [0, 0.1) is 0 Å². The van der Waals surface area contributed by atoms with Gasteiger partial charge in [-0.05, 0) is 37.5 Å². The number of nitrogens with one attached hydrogen (secondary N) is 1. The molecule has 0 bridgehead atoms. The molecule has 1 aromatic carbocycles. The average molecular weight is 321 g/mol. The van der Waals surface area contributed by atoms with Crippen molar-refractivity contribution in [2.75, 3.05) is 7.11 Å². The summed E-state index contributed by atoms with van der Waals surface area (Å²) in [6.07, 6.45) is -0.309. The summed E-state index contributed by atoms with van der Waals surface area (Å²) in [7, 11) is 1.29. The number of fused-ring (bicyclic) bond motifs is 1. The van der Waals surface area contributed by atoms with E-state index in [-0.39, 0.29) is 0 Å². The molecule has 0 aromatic heterocycles. The lowest BCUT2D eigenvalue weighted by molar-refractivity contribution is -0.143. The summed E-state index contributed by atoms with van der Waals surface area (Å²) in [6, 6.07) is 5.12. The Morgan fingerprint density at radius 3 is 2.61 bits per heavy atom. The zero-order valence-electron chi connectivity index (χ0n) is 14.0. The monoisotopic (exact) mass is 321 g/mol. The normalized spacial score (nSPS) is 14.8. The second-order valence-electron chi connectivity index (χ2n) is 6.52. The maximum Gasteiger partial charge on any atom is 0.408 e. The van der Waals surface area contributed by atoms with Crippen molar-refractivity contribution in [3.63, 3.8) is 0 Å². The fraction of sp³-hybridized carbons (Fsp3) is 0.529. The molecule has 1 N–H and O–H groups in total. The van der Waals surface area contributed by atoms with Crippen molar-refractivity contribution >= 4 is 12.1 Å². The fourth-order valence-electron chi connectivity index (χ4n) is 2.37. The third kappa shape index (κ3) is 4.96. The van der Waals surface area contributed by atoms with Crippen molar-refractivity contribution in [2.45, 2.75) is 52.0 Å². The molecule has 0 aliphatic carbocycles. The van der Waals surface area contributed by atoms with E-state index in [0.29, 0.717) is 19.6 Å². The van der Waals surface area contributed by atoms with Gasteiger partial charge in [-0.1, -0.05) is 18.2 Å². The number of methoxy groups -OCH3 is 1. The molecule has 0 saturated heterocycles. The Labute approximate surface area is 136 Å². The lowest BCUT2D eigenvalue weighted by Crippen LogP contribution is -2.45. The Hall–Kier alpha value is -2.08. The molecule has 0 saturated carbocycles. The van der Waals surface area contributed by atoms with Crippen LogP contribution in [-0.2, 0) is 38.6 Å². The number of alkyl carbamates (subject to hydrolysis) is 1. The minimum absolute atomic E-state index is 0.333. The summed E-state index contributed by atoms with van der Waals surface area (Å²) in [5, 5.41) is 2.57. The predicted molar refractivity (Wildman–Crippen MR) is 83.8 cm³/mol. The topological polar surface area (TPSA) is 73.9 Å². The van der Waals surface area contributed by atoms with Gasteiger partial charge in [0.15, 0.2) is 0 Å². The minimum atomic E-state index is -0.796. The highest BCUT2D eigenvalue weighted by Gasteiger charge is 2.25. The molecule has 23 heavy (non-hydrogen) atoms. The van der Waals surface area contributed by atoms with E-state index < -0.39 is 23.7 Å². The van der Waals surface area contributed by atoms with Gasteiger partial charge in [0.05, 0.1) is 20.3 Å². The van der Waals surface area contributed by atoms with Crippen LogP contribution in [-0.4, -0.2) is 30.8 Å². The Morgan fingerprint density at radius 1 is 1.26 bits per heavy atom. The molecule has 0 fully saturated rings. The van der Waals surface area contributed by atoms with E-state index in [1.165, 1.54) is 7.11 Å². The summed E-state index contributed by atoms with van der Waals surface area (Å²) in [4.78, 5) is 23.8. The minimum Gasteiger partial charge on any atom is -0.467 e. The SMILES string of the molecule is COC(=O)[C@@H](Cc1ccc2c(c1)COC2)NC(=O)OC(C)(C)C. The number of hydrogen-bond acceptors (Lipinski definition) is 5. The number of rotatable bonds is 4. The summed E-state index contributed by atoms with van der Waals surface area (Å²) < 4.78 is 15.4. The Bertz CT molecular complexity index is 591. The van der Waals surface area contributed by atoms with Gasteiger partial charge in [-0.15, -0.1) is 0 Å². The third-order valence-corrected chi connectivity index (χ3v) is 3.40. The number of hydrogen-bond donors (Lipinski definition) is 1. The Kier molecular flexibility index (Phi) is 5.26. The summed E-state index contributed by atoms with van der Waals surface area (Å²) in [5.41, 5.74) is 2.57. The van der Waals surface area contributed by atoms with Gasteiger partial charge in [0.1, 0.15) is 11.6 Å². The molecule has 1 aliphatic heterocycles. The van der Waals surface area contributed by atoms with Gasteiger partial charge in [0.2, 0.25) is 0 Å². The van der Waals surface area contributed by atoms with E-state index in [0.717, 1.165) is 16.7 Å². The van der Waals surface area contributed by atoms with Crippen LogP contribution in [0.1, 0.15) is 37.5 Å². The number of ether oxygens (including phenoxy) is 3. The van der Waals surface area contributed by atoms with Crippen LogP contribution in [0.4, 0.5) is 4.79 Å². The molecular weight excluding hydrogens is 298 g/mol. The lowest BCUT2D eigenvalue weighted by Gasteiger charge is -2.22. The average Bonchev–Trinajstić information content (AvgIpc) is 2.91. The van der Waals surface area contributed by atoms with Crippen molar-refractivity contribution in [3.05, 3.63) is 34.9 Å². The maximum absolute atomic E-state index is 11.9. The Morgan fingerprint density at radius 2 is 1.96 bits per heavy atom. The molecule has 0 radical (unpaired) electrons. The molecule has 1 amide bonds. The highest BCUT2D eigenvalue weighted by Crippen LogP contribution is 2.21. The molecule has 1 aromatic rings. The third-order valence-electron chi connectivity index (χ3n) is 3.40. The molecule has 2 rings (SSSR count). The number of amides is 1. The molecule has 6 nitrogen and oxygen atoms in total. The first-order valence-electron chi connectivity index (χ1n) is 7.54. The molecule has 0 spiro atoms. The smallest absolute Gasteiger partial charge is 0.408 e. The van der Waals surface area contributed by atoms with Crippen molar-refractivity contribution < 1.29 is 23.8 Å². The van der Waals surface area contributed by atoms with Crippen molar-refractivity contribution in [1.82, 2.24) is 5.32 Å². The number of carbonyl (C=O) groups excluding carboxylic acids is 2. The van der Waals surface area contributed by atoms with E-state index in [4.69, 9.17) is 14.2 Å². The summed E-state index contributed by atoms with van der Waals surface area (Å²) in [6.45, 7) is 6.48. The van der Waals surface area contributed by atoms with Gasteiger partial charge in [0, 0.05) is 6.42 Å². The van der Waals surface area contributed by atoms with E-state index in [2.05, 4.69) is 5.32 Å². The molecule has 0 unspecified atom stereocenters. The van der Waals surface area contributed by atoms with Gasteiger partial charge < -0.3 is 19.5 Å². The molecule has 6 heteroatoms. The standard InChI is InChI=1S/C17H23NO5/c1-17(2,3)23-16(20)18-14(15(19)21-4)8-11-5-6-12-9-22-10-13(12)7-11/h5-7,14H,8-10H2,1-4H3,(H,18,20)/t14-/m1/s1. The van der Waals surface area contributed by atoms with Crippen LogP contribution >= 0.6 is 0 Å². The molecule has 1 atom stereocenters. The van der Waals surface area contributed by atoms with Crippen LogP contribution in [0.15, 0.2) is 18.2 Å². The maximum atomic E-state index is 11.9. The largest absolute Gasteiger partial charge is 0.467 e. The van der Waals surface area contributed by atoms with Crippen molar-refractivity contribution in [1.29, 1.82) is 0 Å². The van der Waals surface area contributed by atoms with Gasteiger partial charge in [-0.2, -0.15) is 0 Å². The van der Waals surface area contributed by atoms with Crippen LogP contribution < -0.4 is 5.32 Å². The second-order valence-corrected chi connectivity index (χ2v) is 6.52. The van der Waals surface area contributed by atoms with E-state index >= 15 is 0 Å². The van der Waals surface area contributed by atoms with Gasteiger partial charge in [0.25, 0.3) is 0 Å². The quantitative estimate of drug-likeness (QED) is 0.862. The summed E-state index contributed by atoms with van der Waals surface area (Å²) >= 11 is 0. The van der Waals surface area contributed by atoms with E-state index in [1.54, 1.807) is 20.8 Å². The van der Waals surface area contributed by atoms with Gasteiger partial charge in [-0.3, -0.25) is 0 Å².